The van der Waals surface area contributed by atoms with E-state index in [1.807, 2.05) is 6.92 Å². The van der Waals surface area contributed by atoms with Crippen molar-refractivity contribution in [2.24, 2.45) is 0 Å². The van der Waals surface area contributed by atoms with Gasteiger partial charge in [0.2, 0.25) is 0 Å². The van der Waals surface area contributed by atoms with Crippen LogP contribution >= 0.6 is 0 Å². The van der Waals surface area contributed by atoms with Crippen molar-refractivity contribution < 1.29 is 26.4 Å². The second-order valence-corrected chi connectivity index (χ2v) is 3.68. The molecule has 0 atom stereocenters. The van der Waals surface area contributed by atoms with Crippen molar-refractivity contribution >= 4 is 6.09 Å². The van der Waals surface area contributed by atoms with E-state index in [1.165, 1.54) is 0 Å². The zero-order valence-electron chi connectivity index (χ0n) is 8.76. The van der Waals surface area contributed by atoms with E-state index in [1.54, 1.807) is 0 Å². The van der Waals surface area contributed by atoms with E-state index in [-0.39, 0.29) is 18.5 Å². The van der Waals surface area contributed by atoms with Gasteiger partial charge < -0.3 is 26.9 Å². The van der Waals surface area contributed by atoms with Gasteiger partial charge in [-0.3, -0.25) is 0 Å². The van der Waals surface area contributed by atoms with Crippen LogP contribution in [0.5, 0.6) is 0 Å². The minimum absolute atomic E-state index is 0. The molecule has 1 amide bonds. The minimum atomic E-state index is -0.328. The van der Waals surface area contributed by atoms with Crippen LogP contribution in [0.15, 0.2) is 0 Å². The summed E-state index contributed by atoms with van der Waals surface area (Å²) in [7, 11) is 6.17. The van der Waals surface area contributed by atoms with Crippen molar-refractivity contribution in [2.75, 3.05) is 40.8 Å². The molecule has 5 heteroatoms. The summed E-state index contributed by atoms with van der Waals surface area (Å²) in [5.74, 6) is 0. The molecule has 0 spiro atoms. The number of nitrogens with zero attached hydrogens (tertiary/aromatic N) is 1. The molecule has 0 unspecified atom stereocenters. The Morgan fingerprint density at radius 3 is 2.31 bits per heavy atom. The Morgan fingerprint density at radius 2 is 1.92 bits per heavy atom. The van der Waals surface area contributed by atoms with Gasteiger partial charge in [0, 0.05) is 6.54 Å². The van der Waals surface area contributed by atoms with Gasteiger partial charge in [0.25, 0.3) is 0 Å². The summed E-state index contributed by atoms with van der Waals surface area (Å²) >= 11 is 0. The fourth-order valence-electron chi connectivity index (χ4n) is 0.608. The van der Waals surface area contributed by atoms with Gasteiger partial charge in [-0.1, -0.05) is 0 Å². The first-order chi connectivity index (χ1) is 5.45. The monoisotopic (exact) mass is 210 g/mol. The van der Waals surface area contributed by atoms with E-state index in [4.69, 9.17) is 4.74 Å². The fraction of sp³-hybridized carbons (Fsp3) is 0.875. The summed E-state index contributed by atoms with van der Waals surface area (Å²) in [5, 5.41) is 2.56. The highest BCUT2D eigenvalue weighted by Crippen LogP contribution is 1.89. The van der Waals surface area contributed by atoms with Crippen molar-refractivity contribution in [1.29, 1.82) is 0 Å². The van der Waals surface area contributed by atoms with Gasteiger partial charge in [0.05, 0.1) is 21.1 Å². The van der Waals surface area contributed by atoms with Crippen LogP contribution in [0.3, 0.4) is 0 Å². The van der Waals surface area contributed by atoms with Crippen molar-refractivity contribution in [2.45, 2.75) is 6.92 Å². The Morgan fingerprint density at radius 1 is 1.38 bits per heavy atom. The molecule has 0 aromatic heterocycles. The first-order valence-corrected chi connectivity index (χ1v) is 4.17. The Balaban J connectivity index is 0. The minimum Gasteiger partial charge on any atom is -1.00 e. The lowest BCUT2D eigenvalue weighted by Crippen LogP contribution is -3.00. The number of ether oxygens (including phenoxy) is 1. The van der Waals surface area contributed by atoms with Crippen LogP contribution in [0.25, 0.3) is 0 Å². The second kappa shape index (κ2) is 6.97. The predicted octanol–water partition coefficient (Wildman–Crippen LogP) is -2.56. The number of carbonyl (C=O) groups excluding carboxylic acids is 1. The topological polar surface area (TPSA) is 38.3 Å². The van der Waals surface area contributed by atoms with E-state index < -0.39 is 0 Å². The molecule has 0 bridgehead atoms. The number of hydrogen-bond acceptors (Lipinski definition) is 2. The van der Waals surface area contributed by atoms with Crippen molar-refractivity contribution in [1.82, 2.24) is 5.32 Å². The highest BCUT2D eigenvalue weighted by atomic mass is 35.5. The van der Waals surface area contributed by atoms with Crippen LogP contribution in [0, 0.1) is 0 Å². The fourth-order valence-corrected chi connectivity index (χ4v) is 0.608. The molecule has 0 aromatic rings. The van der Waals surface area contributed by atoms with Gasteiger partial charge in [-0.15, -0.1) is 0 Å². The van der Waals surface area contributed by atoms with Crippen molar-refractivity contribution in [3.8, 4) is 0 Å². The average molecular weight is 211 g/mol. The highest BCUT2D eigenvalue weighted by molar-refractivity contribution is 5.66. The van der Waals surface area contributed by atoms with Crippen molar-refractivity contribution in [3.05, 3.63) is 0 Å². The molecule has 4 nitrogen and oxygen atoms in total. The third-order valence-electron chi connectivity index (χ3n) is 1.32. The number of quaternary nitrogens is 1. The van der Waals surface area contributed by atoms with Crippen LogP contribution in [0.4, 0.5) is 4.79 Å². The molecule has 0 rings (SSSR count). The zero-order valence-corrected chi connectivity index (χ0v) is 9.52. The predicted molar refractivity (Wildman–Crippen MR) is 47.9 cm³/mol. The molecule has 13 heavy (non-hydrogen) atoms. The Bertz CT molecular complexity index is 146. The standard InChI is InChI=1S/C8H18N2O2.ClH/c1-5-9-8(11)12-7-6-10(2,3)4;/h5-7H2,1-4H3;1H. The number of likely N-dealkylation sites (N-methyl/N-ethyl adjacent to an activating group) is 1. The maximum absolute atomic E-state index is 10.8. The smallest absolute Gasteiger partial charge is 0.407 e. The third-order valence-corrected chi connectivity index (χ3v) is 1.32. The van der Waals surface area contributed by atoms with Crippen LogP contribution in [0.1, 0.15) is 6.92 Å². The van der Waals surface area contributed by atoms with Gasteiger partial charge in [-0.25, -0.2) is 4.79 Å². The number of carbonyl (C=O) groups is 1. The maximum Gasteiger partial charge on any atom is 0.407 e. The second-order valence-electron chi connectivity index (χ2n) is 3.68. The summed E-state index contributed by atoms with van der Waals surface area (Å²) in [5.41, 5.74) is 0. The summed E-state index contributed by atoms with van der Waals surface area (Å²) in [6, 6.07) is 0. The molecule has 0 aliphatic rings. The quantitative estimate of drug-likeness (QED) is 0.519. The summed E-state index contributed by atoms with van der Waals surface area (Å²) in [6.07, 6.45) is -0.328. The number of rotatable bonds is 4. The summed E-state index contributed by atoms with van der Waals surface area (Å²) < 4.78 is 5.70. The molecular weight excluding hydrogens is 192 g/mol. The highest BCUT2D eigenvalue weighted by Gasteiger charge is 2.07. The molecule has 0 aliphatic heterocycles. The molecule has 0 saturated carbocycles. The van der Waals surface area contributed by atoms with Gasteiger partial charge >= 0.3 is 6.09 Å². The van der Waals surface area contributed by atoms with E-state index in [2.05, 4.69) is 26.5 Å². The van der Waals surface area contributed by atoms with Gasteiger partial charge in [-0.2, -0.15) is 0 Å². The lowest BCUT2D eigenvalue weighted by atomic mass is 10.5. The molecule has 0 heterocycles. The summed E-state index contributed by atoms with van der Waals surface area (Å²) in [6.45, 7) is 3.77. The van der Waals surface area contributed by atoms with Gasteiger partial charge in [-0.05, 0) is 6.92 Å². The lowest BCUT2D eigenvalue weighted by molar-refractivity contribution is -0.870. The largest absolute Gasteiger partial charge is 1.00 e. The Hall–Kier alpha value is -0.480. The Kier molecular flexibility index (Phi) is 8.05. The normalized spacial score (nSPS) is 10.2. The van der Waals surface area contributed by atoms with Gasteiger partial charge in [0.1, 0.15) is 13.2 Å². The third kappa shape index (κ3) is 11.5. The van der Waals surface area contributed by atoms with Crippen LogP contribution in [-0.4, -0.2) is 51.4 Å². The number of amides is 1. The van der Waals surface area contributed by atoms with Crippen LogP contribution in [0.2, 0.25) is 0 Å². The number of nitrogens with one attached hydrogen (secondary N) is 1. The SMILES string of the molecule is CCNC(=O)OCC[N+](C)(C)C.[Cl-]. The molecule has 0 fully saturated rings. The number of hydrogen-bond donors (Lipinski definition) is 1. The molecule has 0 aromatic carbocycles. The summed E-state index contributed by atoms with van der Waals surface area (Å²) in [4.78, 5) is 10.8. The van der Waals surface area contributed by atoms with Crippen molar-refractivity contribution in [3.63, 3.8) is 0 Å². The molecule has 0 saturated heterocycles. The molecular formula is C8H19ClN2O2. The van der Waals surface area contributed by atoms with Crippen LogP contribution in [-0.2, 0) is 4.74 Å². The maximum atomic E-state index is 10.8. The molecule has 0 radical (unpaired) electrons. The first kappa shape index (κ1) is 15.0. The molecule has 0 aliphatic carbocycles. The lowest BCUT2D eigenvalue weighted by Gasteiger charge is -2.23. The number of alkyl carbamates (subject to hydrolysis) is 1. The Labute approximate surface area is 86.2 Å². The van der Waals surface area contributed by atoms with E-state index in [9.17, 15) is 4.79 Å². The number of halogens is 1. The van der Waals surface area contributed by atoms with E-state index in [0.29, 0.717) is 13.2 Å². The first-order valence-electron chi connectivity index (χ1n) is 4.17. The molecule has 80 valence electrons. The average Bonchev–Trinajstić information content (AvgIpc) is 1.84. The van der Waals surface area contributed by atoms with E-state index in [0.717, 1.165) is 11.0 Å². The van der Waals surface area contributed by atoms with Gasteiger partial charge in [0.15, 0.2) is 0 Å². The zero-order chi connectivity index (χ0) is 9.61. The van der Waals surface area contributed by atoms with Crippen LogP contribution < -0.4 is 17.7 Å². The van der Waals surface area contributed by atoms with E-state index >= 15 is 0 Å². The molecule has 1 N–H and O–H groups in total.